The molecule has 2 amide bonds. The molecular formula is C4H3N2O2+. The third kappa shape index (κ3) is 0.841. The molecule has 0 atom stereocenters. The summed E-state index contributed by atoms with van der Waals surface area (Å²) in [5.74, 6) is 0. The third-order valence-electron chi connectivity index (χ3n) is 0.590. The summed E-state index contributed by atoms with van der Waals surface area (Å²) >= 11 is 0. The molecule has 0 fully saturated rings. The average Bonchev–Trinajstić information content (AvgIpc) is 2.19. The van der Waals surface area contributed by atoms with E-state index in [1.807, 2.05) is 0 Å². The highest BCUT2D eigenvalue weighted by Gasteiger charge is 2.01. The largest absolute Gasteiger partial charge is 0.572 e. The monoisotopic (exact) mass is 111 g/mol. The van der Waals surface area contributed by atoms with E-state index < -0.39 is 0 Å². The Morgan fingerprint density at radius 2 is 2.12 bits per heavy atom. The molecule has 40 valence electrons. The highest BCUT2D eigenvalue weighted by molar-refractivity contribution is 6.25. The maximum absolute atomic E-state index is 9.57. The summed E-state index contributed by atoms with van der Waals surface area (Å²) in [4.78, 5) is 16.7. The fourth-order valence-electron chi connectivity index (χ4n) is 0.331. The van der Waals surface area contributed by atoms with Crippen LogP contribution in [0.3, 0.4) is 0 Å². The Labute approximate surface area is 45.3 Å². The van der Waals surface area contributed by atoms with Crippen LogP contribution >= 0.6 is 0 Å². The Morgan fingerprint density at radius 3 is 2.62 bits per heavy atom. The van der Waals surface area contributed by atoms with Gasteiger partial charge in [0.2, 0.25) is 0 Å². The average molecular weight is 111 g/mol. The number of urea groups is 1. The van der Waals surface area contributed by atoms with E-state index in [2.05, 4.69) is 14.4 Å². The molecule has 0 bridgehead atoms. The summed E-state index contributed by atoms with van der Waals surface area (Å²) in [7, 11) is 0. The minimum atomic E-state index is 0.0972. The van der Waals surface area contributed by atoms with E-state index in [1.165, 1.54) is 12.4 Å². The maximum atomic E-state index is 9.57. The smallest absolute Gasteiger partial charge is 0.234 e. The number of hydrogen-bond acceptors (Lipinski definition) is 1. The van der Waals surface area contributed by atoms with Crippen molar-refractivity contribution in [2.45, 2.75) is 0 Å². The van der Waals surface area contributed by atoms with Crippen LogP contribution in [0, 0.1) is 0 Å². The molecular weight excluding hydrogens is 108 g/mol. The molecule has 0 radical (unpaired) electrons. The van der Waals surface area contributed by atoms with Crippen molar-refractivity contribution in [2.75, 3.05) is 0 Å². The minimum absolute atomic E-state index is 0.0972. The lowest BCUT2D eigenvalue weighted by molar-refractivity contribution is -0.170. The van der Waals surface area contributed by atoms with E-state index in [1.54, 1.807) is 0 Å². The number of carbonyl (C=O) groups excluding carboxylic acids is 2. The Balaban J connectivity index is 2.74. The van der Waals surface area contributed by atoms with Crippen LogP contribution in [0.5, 0.6) is 0 Å². The third-order valence-corrected chi connectivity index (χ3v) is 0.590. The van der Waals surface area contributed by atoms with Crippen molar-refractivity contribution in [3.63, 3.8) is 0 Å². The first kappa shape index (κ1) is 4.83. The van der Waals surface area contributed by atoms with Crippen molar-refractivity contribution in [1.82, 2.24) is 0 Å². The van der Waals surface area contributed by atoms with E-state index in [4.69, 9.17) is 0 Å². The first-order chi connectivity index (χ1) is 3.93. The second-order valence-corrected chi connectivity index (χ2v) is 1.05. The van der Waals surface area contributed by atoms with Gasteiger partial charge in [0.25, 0.3) is 0 Å². The fraction of sp³-hybridized carbons (Fsp3) is 0. The lowest BCUT2D eigenvalue weighted by Crippen LogP contribution is -1.77. The molecule has 4 heteroatoms. The predicted molar refractivity (Wildman–Crippen MR) is 28.4 cm³/mol. The molecule has 1 aliphatic rings. The summed E-state index contributed by atoms with van der Waals surface area (Å²) in [5, 5.41) is 0. The number of rotatable bonds is 1. The zero-order valence-electron chi connectivity index (χ0n) is 3.94. The molecule has 4 nitrogen and oxygen atoms in total. The minimum Gasteiger partial charge on any atom is -0.234 e. The van der Waals surface area contributed by atoms with Gasteiger partial charge in [0, 0.05) is 4.79 Å². The Bertz CT molecular complexity index is 166. The van der Waals surface area contributed by atoms with Crippen LogP contribution in [0.2, 0.25) is 0 Å². The molecule has 1 heterocycles. The number of aliphatic imine (C=N–C) groups is 2. The Kier molecular flexibility index (Phi) is 1.27. The van der Waals surface area contributed by atoms with Crippen LogP contribution < -0.4 is 0 Å². The molecule has 1 rings (SSSR count). The summed E-state index contributed by atoms with van der Waals surface area (Å²) in [6.07, 6.45) is 2.89. The van der Waals surface area contributed by atoms with Crippen molar-refractivity contribution in [1.29, 1.82) is 0 Å². The SMILES string of the molecule is O=C[O+]=C1N=CC=N1. The number of amides is 2. The van der Waals surface area contributed by atoms with Gasteiger partial charge in [-0.15, -0.1) is 0 Å². The summed E-state index contributed by atoms with van der Waals surface area (Å²) in [6.45, 7) is 0.287. The first-order valence-corrected chi connectivity index (χ1v) is 1.97. The molecule has 0 unspecified atom stereocenters. The lowest BCUT2D eigenvalue weighted by Gasteiger charge is -1.65. The van der Waals surface area contributed by atoms with E-state index in [-0.39, 0.29) is 12.5 Å². The number of hydrogen-bond donors (Lipinski definition) is 0. The standard InChI is InChI=1S/C4H3N2O2/c7-3-8-4-5-1-2-6-4/h1-3H/q+1. The highest BCUT2D eigenvalue weighted by atomic mass is 16.4. The van der Waals surface area contributed by atoms with Crippen molar-refractivity contribution in [2.24, 2.45) is 9.98 Å². The van der Waals surface area contributed by atoms with Gasteiger partial charge in [0.05, 0.1) is 12.4 Å². The summed E-state index contributed by atoms with van der Waals surface area (Å²) in [6, 6.07) is 0.0972. The second-order valence-electron chi connectivity index (χ2n) is 1.05. The van der Waals surface area contributed by atoms with E-state index in [0.717, 1.165) is 0 Å². The van der Waals surface area contributed by atoms with E-state index >= 15 is 0 Å². The van der Waals surface area contributed by atoms with E-state index in [9.17, 15) is 4.79 Å². The normalized spacial score (nSPS) is 14.8. The first-order valence-electron chi connectivity index (χ1n) is 1.97. The number of nitrogens with zero attached hydrogens (tertiary/aromatic N) is 2. The van der Waals surface area contributed by atoms with Gasteiger partial charge in [-0.25, -0.2) is 4.42 Å². The summed E-state index contributed by atoms with van der Waals surface area (Å²) in [5.41, 5.74) is 0. The lowest BCUT2D eigenvalue weighted by atomic mass is 10.9. The molecule has 0 saturated carbocycles. The van der Waals surface area contributed by atoms with Crippen molar-refractivity contribution in [3.8, 4) is 0 Å². The Morgan fingerprint density at radius 1 is 1.50 bits per heavy atom. The van der Waals surface area contributed by atoms with Crippen LogP contribution in [-0.2, 0) is 4.79 Å². The molecule has 0 N–H and O–H groups in total. The van der Waals surface area contributed by atoms with Crippen LogP contribution in [0.15, 0.2) is 9.98 Å². The van der Waals surface area contributed by atoms with Gasteiger partial charge in [-0.2, -0.15) is 9.98 Å². The zero-order valence-corrected chi connectivity index (χ0v) is 3.94. The molecule has 0 aromatic carbocycles. The molecule has 0 saturated heterocycles. The second kappa shape index (κ2) is 2.11. The maximum Gasteiger partial charge on any atom is 0.572 e. The molecule has 0 spiro atoms. The van der Waals surface area contributed by atoms with Crippen molar-refractivity contribution in [3.05, 3.63) is 0 Å². The van der Waals surface area contributed by atoms with Gasteiger partial charge >= 0.3 is 12.5 Å². The summed E-state index contributed by atoms with van der Waals surface area (Å²) < 4.78 is 4.24. The van der Waals surface area contributed by atoms with Crippen LogP contribution in [0.25, 0.3) is 0 Å². The molecule has 8 heavy (non-hydrogen) atoms. The molecule has 0 aromatic heterocycles. The van der Waals surface area contributed by atoms with Gasteiger partial charge in [-0.3, -0.25) is 0 Å². The fourth-order valence-corrected chi connectivity index (χ4v) is 0.331. The highest BCUT2D eigenvalue weighted by Crippen LogP contribution is 1.88. The van der Waals surface area contributed by atoms with E-state index in [0.29, 0.717) is 0 Å². The van der Waals surface area contributed by atoms with Gasteiger partial charge in [0.1, 0.15) is 0 Å². The topological polar surface area (TPSA) is 53.1 Å². The molecule has 0 aromatic rings. The predicted octanol–water partition coefficient (Wildman–Crippen LogP) is -0.0463. The molecule has 1 aliphatic heterocycles. The van der Waals surface area contributed by atoms with Gasteiger partial charge < -0.3 is 0 Å². The molecule has 0 aliphatic carbocycles. The van der Waals surface area contributed by atoms with Crippen molar-refractivity contribution < 1.29 is 9.22 Å². The van der Waals surface area contributed by atoms with Crippen LogP contribution in [0.1, 0.15) is 0 Å². The Hall–Kier alpha value is -1.32. The van der Waals surface area contributed by atoms with Gasteiger partial charge in [-0.05, 0) is 0 Å². The quantitative estimate of drug-likeness (QED) is 0.346. The number of carbonyl (C=O) groups is 1. The van der Waals surface area contributed by atoms with Crippen molar-refractivity contribution >= 4 is 24.9 Å². The van der Waals surface area contributed by atoms with Gasteiger partial charge in [-0.1, -0.05) is 0 Å². The van der Waals surface area contributed by atoms with Crippen LogP contribution in [-0.4, -0.2) is 24.9 Å². The van der Waals surface area contributed by atoms with Gasteiger partial charge in [0.15, 0.2) is 0 Å². The van der Waals surface area contributed by atoms with Crippen LogP contribution in [0.4, 0.5) is 4.42 Å². The zero-order chi connectivity index (χ0) is 5.82.